The molecule has 2 N–H and O–H groups in total. The molecule has 0 bridgehead atoms. The summed E-state index contributed by atoms with van der Waals surface area (Å²) in [5.74, 6) is -0.216. The fourth-order valence-electron chi connectivity index (χ4n) is 2.52. The number of carbonyl (C=O) groups is 2. The van der Waals surface area contributed by atoms with E-state index in [4.69, 9.17) is 0 Å². The summed E-state index contributed by atoms with van der Waals surface area (Å²) in [4.78, 5) is 24.4. The maximum absolute atomic E-state index is 12.4. The van der Waals surface area contributed by atoms with Crippen molar-refractivity contribution >= 4 is 27.4 Å². The van der Waals surface area contributed by atoms with Gasteiger partial charge in [0.05, 0.1) is 4.75 Å². The first kappa shape index (κ1) is 22.8. The molecular formula is C22H28N2O4S. The van der Waals surface area contributed by atoms with Crippen molar-refractivity contribution in [3.63, 3.8) is 0 Å². The van der Waals surface area contributed by atoms with Crippen LogP contribution in [0.5, 0.6) is 0 Å². The maximum Gasteiger partial charge on any atom is 0.224 e. The third kappa shape index (κ3) is 6.80. The minimum atomic E-state index is -3.36. The average Bonchev–Trinajstić information content (AvgIpc) is 2.67. The molecule has 0 aliphatic heterocycles. The Morgan fingerprint density at radius 3 is 2.03 bits per heavy atom. The summed E-state index contributed by atoms with van der Waals surface area (Å²) in [6.07, 6.45) is 1.44. The lowest BCUT2D eigenvalue weighted by Gasteiger charge is -2.19. The molecule has 0 saturated heterocycles. The molecule has 0 heterocycles. The average molecular weight is 417 g/mol. The van der Waals surface area contributed by atoms with E-state index in [0.29, 0.717) is 42.6 Å². The quantitative estimate of drug-likeness (QED) is 0.481. The first-order valence-electron chi connectivity index (χ1n) is 9.59. The molecule has 0 spiro atoms. The zero-order valence-corrected chi connectivity index (χ0v) is 17.9. The fourth-order valence-corrected chi connectivity index (χ4v) is 3.36. The second-order valence-electron chi connectivity index (χ2n) is 7.79. The summed E-state index contributed by atoms with van der Waals surface area (Å²) in [5, 5.41) is 2.79. The Balaban J connectivity index is 1.76. The van der Waals surface area contributed by atoms with Gasteiger partial charge in [0.25, 0.3) is 0 Å². The zero-order chi connectivity index (χ0) is 21.5. The molecule has 0 aromatic heterocycles. The van der Waals surface area contributed by atoms with E-state index >= 15 is 0 Å². The number of carbonyl (C=O) groups excluding carboxylic acids is 2. The van der Waals surface area contributed by atoms with Gasteiger partial charge in [0.2, 0.25) is 15.9 Å². The number of sulfonamides is 1. The van der Waals surface area contributed by atoms with E-state index in [1.165, 1.54) is 0 Å². The fraction of sp³-hybridized carbons (Fsp3) is 0.364. The molecule has 0 radical (unpaired) electrons. The third-order valence-electron chi connectivity index (χ3n) is 4.40. The standard InChI is InChI=1S/C22H28N2O4S/c1-22(2,3)29(27,28)23-16-8-7-11-20(25)24-19-14-12-18(13-15-19)21(26)17-9-5-4-6-10-17/h4-6,9-10,12-15,23H,7-8,11,16H2,1-3H3,(H,24,25). The van der Waals surface area contributed by atoms with E-state index in [1.807, 2.05) is 18.2 Å². The highest BCUT2D eigenvalue weighted by molar-refractivity contribution is 7.90. The summed E-state index contributed by atoms with van der Waals surface area (Å²) in [5.41, 5.74) is 1.79. The number of ketones is 1. The molecule has 29 heavy (non-hydrogen) atoms. The largest absolute Gasteiger partial charge is 0.326 e. The third-order valence-corrected chi connectivity index (χ3v) is 6.59. The Labute approximate surface area is 172 Å². The van der Waals surface area contributed by atoms with Crippen LogP contribution in [-0.2, 0) is 14.8 Å². The summed E-state index contributed by atoms with van der Waals surface area (Å²) in [6, 6.07) is 15.8. The van der Waals surface area contributed by atoms with Gasteiger partial charge in [-0.25, -0.2) is 13.1 Å². The normalized spacial score (nSPS) is 11.8. The van der Waals surface area contributed by atoms with Crippen molar-refractivity contribution in [1.82, 2.24) is 4.72 Å². The van der Waals surface area contributed by atoms with Gasteiger partial charge in [-0.05, 0) is 57.9 Å². The van der Waals surface area contributed by atoms with Crippen molar-refractivity contribution in [2.45, 2.75) is 44.8 Å². The molecular weight excluding hydrogens is 388 g/mol. The second kappa shape index (κ2) is 9.80. The van der Waals surface area contributed by atoms with Gasteiger partial charge in [-0.3, -0.25) is 9.59 Å². The minimum absolute atomic E-state index is 0.0683. The highest BCUT2D eigenvalue weighted by Crippen LogP contribution is 2.15. The Morgan fingerprint density at radius 1 is 0.862 bits per heavy atom. The number of hydrogen-bond acceptors (Lipinski definition) is 4. The predicted molar refractivity (Wildman–Crippen MR) is 115 cm³/mol. The molecule has 2 aromatic carbocycles. The molecule has 0 aliphatic rings. The van der Waals surface area contributed by atoms with Gasteiger partial charge in [-0.2, -0.15) is 0 Å². The summed E-state index contributed by atoms with van der Waals surface area (Å²) in [6.45, 7) is 5.23. The van der Waals surface area contributed by atoms with E-state index in [0.717, 1.165) is 0 Å². The Morgan fingerprint density at radius 2 is 1.45 bits per heavy atom. The molecule has 2 rings (SSSR count). The second-order valence-corrected chi connectivity index (χ2v) is 10.3. The molecule has 0 atom stereocenters. The van der Waals surface area contributed by atoms with Gasteiger partial charge in [-0.15, -0.1) is 0 Å². The van der Waals surface area contributed by atoms with E-state index in [-0.39, 0.29) is 11.7 Å². The van der Waals surface area contributed by atoms with Crippen LogP contribution in [0.15, 0.2) is 54.6 Å². The van der Waals surface area contributed by atoms with Crippen LogP contribution in [-0.4, -0.2) is 31.4 Å². The van der Waals surface area contributed by atoms with Crippen LogP contribution in [0.25, 0.3) is 0 Å². The molecule has 0 saturated carbocycles. The highest BCUT2D eigenvalue weighted by atomic mass is 32.2. The van der Waals surface area contributed by atoms with Crippen LogP contribution in [0.1, 0.15) is 56.0 Å². The summed E-state index contributed by atoms with van der Waals surface area (Å²) < 4.78 is 25.6. The molecule has 1 amide bonds. The number of hydrogen-bond donors (Lipinski definition) is 2. The molecule has 156 valence electrons. The van der Waals surface area contributed by atoms with Gasteiger partial charge < -0.3 is 5.32 Å². The number of rotatable bonds is 9. The van der Waals surface area contributed by atoms with Crippen LogP contribution < -0.4 is 10.0 Å². The summed E-state index contributed by atoms with van der Waals surface area (Å²) in [7, 11) is -3.36. The molecule has 7 heteroatoms. The van der Waals surface area contributed by atoms with Crippen molar-refractivity contribution in [1.29, 1.82) is 0 Å². The molecule has 0 aliphatic carbocycles. The lowest BCUT2D eigenvalue weighted by Crippen LogP contribution is -2.39. The number of nitrogens with one attached hydrogen (secondary N) is 2. The van der Waals surface area contributed by atoms with Gasteiger partial charge in [-0.1, -0.05) is 30.3 Å². The smallest absolute Gasteiger partial charge is 0.224 e. The maximum atomic E-state index is 12.4. The summed E-state index contributed by atoms with van der Waals surface area (Å²) >= 11 is 0. The SMILES string of the molecule is CC(C)(C)S(=O)(=O)NCCCCC(=O)Nc1ccc(C(=O)c2ccccc2)cc1. The number of unbranched alkanes of at least 4 members (excludes halogenated alkanes) is 1. The number of benzene rings is 2. The van der Waals surface area contributed by atoms with E-state index < -0.39 is 14.8 Å². The lowest BCUT2D eigenvalue weighted by molar-refractivity contribution is -0.116. The highest BCUT2D eigenvalue weighted by Gasteiger charge is 2.27. The van der Waals surface area contributed by atoms with Gasteiger partial charge in [0, 0.05) is 29.8 Å². The van der Waals surface area contributed by atoms with Gasteiger partial charge >= 0.3 is 0 Å². The lowest BCUT2D eigenvalue weighted by atomic mass is 10.0. The minimum Gasteiger partial charge on any atom is -0.326 e. The molecule has 6 nitrogen and oxygen atoms in total. The molecule has 0 unspecified atom stereocenters. The Hall–Kier alpha value is -2.51. The van der Waals surface area contributed by atoms with Crippen molar-refractivity contribution in [3.05, 3.63) is 65.7 Å². The van der Waals surface area contributed by atoms with Crippen molar-refractivity contribution in [2.24, 2.45) is 0 Å². The van der Waals surface area contributed by atoms with E-state index in [1.54, 1.807) is 57.2 Å². The predicted octanol–water partition coefficient (Wildman–Crippen LogP) is 3.74. The Bertz CT molecular complexity index is 931. The number of amides is 1. The van der Waals surface area contributed by atoms with Crippen LogP contribution in [0, 0.1) is 0 Å². The van der Waals surface area contributed by atoms with Crippen LogP contribution in [0.2, 0.25) is 0 Å². The zero-order valence-electron chi connectivity index (χ0n) is 17.1. The van der Waals surface area contributed by atoms with E-state index in [9.17, 15) is 18.0 Å². The molecule has 2 aromatic rings. The topological polar surface area (TPSA) is 92.3 Å². The van der Waals surface area contributed by atoms with E-state index in [2.05, 4.69) is 10.0 Å². The Kier molecular flexibility index (Phi) is 7.70. The monoisotopic (exact) mass is 416 g/mol. The first-order chi connectivity index (χ1) is 13.6. The van der Waals surface area contributed by atoms with Gasteiger partial charge in [0.1, 0.15) is 0 Å². The van der Waals surface area contributed by atoms with Crippen molar-refractivity contribution in [3.8, 4) is 0 Å². The first-order valence-corrected chi connectivity index (χ1v) is 11.1. The van der Waals surface area contributed by atoms with Crippen LogP contribution in [0.3, 0.4) is 0 Å². The van der Waals surface area contributed by atoms with Crippen molar-refractivity contribution < 1.29 is 18.0 Å². The van der Waals surface area contributed by atoms with Crippen LogP contribution >= 0.6 is 0 Å². The van der Waals surface area contributed by atoms with Crippen molar-refractivity contribution in [2.75, 3.05) is 11.9 Å². The van der Waals surface area contributed by atoms with Gasteiger partial charge in [0.15, 0.2) is 5.78 Å². The van der Waals surface area contributed by atoms with Crippen LogP contribution in [0.4, 0.5) is 5.69 Å². The molecule has 0 fully saturated rings. The number of anilines is 1.